The van der Waals surface area contributed by atoms with Crippen LogP contribution in [0, 0.1) is 0 Å². The number of hydrogen-bond acceptors (Lipinski definition) is 4. The second-order valence-corrected chi connectivity index (χ2v) is 3.04. The highest BCUT2D eigenvalue weighted by atomic mass is 16.4. The van der Waals surface area contributed by atoms with Crippen molar-refractivity contribution in [3.8, 4) is 0 Å². The maximum atomic E-state index is 10.6. The Balaban J connectivity index is 2.61. The van der Waals surface area contributed by atoms with Gasteiger partial charge in [-0.05, 0) is 24.3 Å². The molecule has 80 valence electrons. The molecular weight excluding hydrogens is 212 g/mol. The zero-order chi connectivity index (χ0) is 11.7. The molecule has 2 aromatic heterocycles. The number of nitrogens with zero attached hydrogens (tertiary/aromatic N) is 2. The van der Waals surface area contributed by atoms with Crippen molar-refractivity contribution in [3.05, 3.63) is 35.7 Å². The summed E-state index contributed by atoms with van der Waals surface area (Å²) in [5.74, 6) is -2.27. The van der Waals surface area contributed by atoms with Crippen LogP contribution in [-0.2, 0) is 0 Å². The molecule has 0 atom stereocenters. The number of hydrogen-bond donors (Lipinski definition) is 2. The molecule has 0 aromatic carbocycles. The van der Waals surface area contributed by atoms with Crippen LogP contribution in [0.4, 0.5) is 0 Å². The molecule has 2 heterocycles. The summed E-state index contributed by atoms with van der Waals surface area (Å²) in [7, 11) is 0. The zero-order valence-corrected chi connectivity index (χ0v) is 7.91. The van der Waals surface area contributed by atoms with Gasteiger partial charge in [0.15, 0.2) is 0 Å². The van der Waals surface area contributed by atoms with E-state index in [0.29, 0.717) is 11.0 Å². The lowest BCUT2D eigenvalue weighted by Crippen LogP contribution is -2.03. The van der Waals surface area contributed by atoms with Crippen molar-refractivity contribution in [2.75, 3.05) is 0 Å². The molecule has 2 aromatic rings. The number of carboxylic acids is 2. The molecule has 0 saturated carbocycles. The average molecular weight is 218 g/mol. The molecule has 16 heavy (non-hydrogen) atoms. The van der Waals surface area contributed by atoms with Crippen molar-refractivity contribution in [2.24, 2.45) is 0 Å². The summed E-state index contributed by atoms with van der Waals surface area (Å²) in [5.41, 5.74) is 0.504. The third kappa shape index (κ3) is 1.68. The van der Waals surface area contributed by atoms with E-state index in [1.54, 1.807) is 0 Å². The second kappa shape index (κ2) is 3.58. The highest BCUT2D eigenvalue weighted by Crippen LogP contribution is 2.11. The molecule has 2 rings (SSSR count). The van der Waals surface area contributed by atoms with Crippen molar-refractivity contribution in [2.45, 2.75) is 0 Å². The minimum Gasteiger partial charge on any atom is -0.477 e. The lowest BCUT2D eigenvalue weighted by molar-refractivity contribution is 0.0679. The summed E-state index contributed by atoms with van der Waals surface area (Å²) in [4.78, 5) is 28.9. The Morgan fingerprint density at radius 1 is 0.812 bits per heavy atom. The second-order valence-electron chi connectivity index (χ2n) is 3.04. The van der Waals surface area contributed by atoms with Gasteiger partial charge in [0.05, 0.1) is 11.0 Å². The molecular formula is C10H6N2O4. The van der Waals surface area contributed by atoms with Gasteiger partial charge in [0.25, 0.3) is 0 Å². The van der Waals surface area contributed by atoms with Gasteiger partial charge in [0.2, 0.25) is 0 Å². The standard InChI is InChI=1S/C10H6N2O4/c13-9(14)7-3-1-5-6(12-7)2-4-8(11-5)10(15)16/h1-4H,(H,13,14)(H,15,16). The molecule has 0 unspecified atom stereocenters. The molecule has 0 bridgehead atoms. The Bertz CT molecular complexity index is 541. The van der Waals surface area contributed by atoms with E-state index in [9.17, 15) is 9.59 Å². The van der Waals surface area contributed by atoms with E-state index < -0.39 is 11.9 Å². The Kier molecular flexibility index (Phi) is 2.24. The molecule has 6 heteroatoms. The van der Waals surface area contributed by atoms with Gasteiger partial charge < -0.3 is 10.2 Å². The summed E-state index contributed by atoms with van der Waals surface area (Å²) in [5, 5.41) is 17.4. The number of aromatic nitrogens is 2. The van der Waals surface area contributed by atoms with Gasteiger partial charge in [-0.3, -0.25) is 0 Å². The van der Waals surface area contributed by atoms with Crippen LogP contribution in [0.15, 0.2) is 24.3 Å². The zero-order valence-electron chi connectivity index (χ0n) is 7.91. The molecule has 0 spiro atoms. The molecule has 0 aliphatic rings. The Labute approximate surface area is 89.2 Å². The van der Waals surface area contributed by atoms with Gasteiger partial charge in [-0.1, -0.05) is 0 Å². The predicted octanol–water partition coefficient (Wildman–Crippen LogP) is 1.03. The quantitative estimate of drug-likeness (QED) is 0.780. The van der Waals surface area contributed by atoms with Gasteiger partial charge in [-0.25, -0.2) is 19.6 Å². The summed E-state index contributed by atoms with van der Waals surface area (Å²) in [6.07, 6.45) is 0. The molecule has 6 nitrogen and oxygen atoms in total. The lowest BCUT2D eigenvalue weighted by atomic mass is 10.2. The molecule has 0 aliphatic carbocycles. The predicted molar refractivity (Wildman–Crippen MR) is 53.5 cm³/mol. The topological polar surface area (TPSA) is 100 Å². The van der Waals surface area contributed by atoms with Crippen LogP contribution in [0.3, 0.4) is 0 Å². The number of carbonyl (C=O) groups is 2. The van der Waals surface area contributed by atoms with Gasteiger partial charge in [0, 0.05) is 0 Å². The lowest BCUT2D eigenvalue weighted by Gasteiger charge is -1.99. The van der Waals surface area contributed by atoms with E-state index in [-0.39, 0.29) is 11.4 Å². The van der Waals surface area contributed by atoms with E-state index in [4.69, 9.17) is 10.2 Å². The SMILES string of the molecule is O=C(O)c1ccc2nc(C(=O)O)ccc2n1. The molecule has 0 amide bonds. The first-order valence-corrected chi connectivity index (χ1v) is 4.32. The number of carboxylic acid groups (broad SMARTS) is 2. The van der Waals surface area contributed by atoms with Gasteiger partial charge in [0.1, 0.15) is 11.4 Å². The largest absolute Gasteiger partial charge is 0.477 e. The third-order valence-corrected chi connectivity index (χ3v) is 1.98. The van der Waals surface area contributed by atoms with Gasteiger partial charge in [-0.15, -0.1) is 0 Å². The van der Waals surface area contributed by atoms with E-state index in [1.807, 2.05) is 0 Å². The minimum absolute atomic E-state index is 0.0997. The molecule has 0 saturated heterocycles. The monoisotopic (exact) mass is 218 g/mol. The number of fused-ring (bicyclic) bond motifs is 1. The van der Waals surface area contributed by atoms with Crippen LogP contribution in [0.25, 0.3) is 11.0 Å². The first-order chi connectivity index (χ1) is 7.58. The normalized spacial score (nSPS) is 10.2. The fourth-order valence-electron chi connectivity index (χ4n) is 1.25. The summed E-state index contributed by atoms with van der Waals surface area (Å²) in [6.45, 7) is 0. The Morgan fingerprint density at radius 3 is 1.50 bits per heavy atom. The fraction of sp³-hybridized carbons (Fsp3) is 0. The molecule has 0 radical (unpaired) electrons. The summed E-state index contributed by atoms with van der Waals surface area (Å²) >= 11 is 0. The van der Waals surface area contributed by atoms with Crippen LogP contribution in [0.1, 0.15) is 21.0 Å². The van der Waals surface area contributed by atoms with Crippen molar-refractivity contribution < 1.29 is 19.8 Å². The number of aromatic carboxylic acids is 2. The number of pyridine rings is 2. The van der Waals surface area contributed by atoms with Crippen LogP contribution in [-0.4, -0.2) is 32.1 Å². The Morgan fingerprint density at radius 2 is 1.19 bits per heavy atom. The maximum absolute atomic E-state index is 10.6. The van der Waals surface area contributed by atoms with Crippen molar-refractivity contribution in [1.29, 1.82) is 0 Å². The maximum Gasteiger partial charge on any atom is 0.354 e. The average Bonchev–Trinajstić information content (AvgIpc) is 2.27. The van der Waals surface area contributed by atoms with Crippen LogP contribution >= 0.6 is 0 Å². The van der Waals surface area contributed by atoms with Crippen molar-refractivity contribution in [3.63, 3.8) is 0 Å². The minimum atomic E-state index is -1.13. The van der Waals surface area contributed by atoms with Crippen LogP contribution in [0.2, 0.25) is 0 Å². The summed E-state index contributed by atoms with van der Waals surface area (Å²) < 4.78 is 0. The van der Waals surface area contributed by atoms with E-state index >= 15 is 0 Å². The van der Waals surface area contributed by atoms with Gasteiger partial charge >= 0.3 is 11.9 Å². The van der Waals surface area contributed by atoms with E-state index in [2.05, 4.69) is 9.97 Å². The third-order valence-electron chi connectivity index (χ3n) is 1.98. The molecule has 0 aliphatic heterocycles. The highest BCUT2D eigenvalue weighted by Gasteiger charge is 2.09. The molecule has 0 fully saturated rings. The fourth-order valence-corrected chi connectivity index (χ4v) is 1.25. The number of rotatable bonds is 2. The van der Waals surface area contributed by atoms with Gasteiger partial charge in [-0.2, -0.15) is 0 Å². The van der Waals surface area contributed by atoms with Crippen LogP contribution in [0.5, 0.6) is 0 Å². The van der Waals surface area contributed by atoms with E-state index in [0.717, 1.165) is 0 Å². The van der Waals surface area contributed by atoms with Crippen molar-refractivity contribution >= 4 is 23.0 Å². The Hall–Kier alpha value is -2.50. The summed E-state index contributed by atoms with van der Waals surface area (Å²) in [6, 6.07) is 5.42. The smallest absolute Gasteiger partial charge is 0.354 e. The first-order valence-electron chi connectivity index (χ1n) is 4.32. The highest BCUT2D eigenvalue weighted by molar-refractivity contribution is 5.91. The van der Waals surface area contributed by atoms with Crippen molar-refractivity contribution in [1.82, 2.24) is 9.97 Å². The van der Waals surface area contributed by atoms with E-state index in [1.165, 1.54) is 24.3 Å². The first kappa shape index (κ1) is 10.0. The molecule has 2 N–H and O–H groups in total. The van der Waals surface area contributed by atoms with Crippen LogP contribution < -0.4 is 0 Å².